The van der Waals surface area contributed by atoms with E-state index in [0.717, 1.165) is 17.3 Å². The van der Waals surface area contributed by atoms with Crippen LogP contribution in [0.5, 0.6) is 0 Å². The predicted octanol–water partition coefficient (Wildman–Crippen LogP) is 3.08. The molecule has 2 heterocycles. The van der Waals surface area contributed by atoms with Gasteiger partial charge in [0.05, 0.1) is 5.60 Å². The molecule has 1 unspecified atom stereocenters. The second-order valence-corrected chi connectivity index (χ2v) is 5.93. The lowest BCUT2D eigenvalue weighted by Gasteiger charge is -2.36. The number of aromatic carboxylic acids is 1. The van der Waals surface area contributed by atoms with Gasteiger partial charge in [0.25, 0.3) is 0 Å². The third kappa shape index (κ3) is 2.72. The van der Waals surface area contributed by atoms with Gasteiger partial charge in [0.1, 0.15) is 5.69 Å². The zero-order chi connectivity index (χ0) is 12.6. The van der Waals surface area contributed by atoms with Gasteiger partial charge < -0.3 is 14.4 Å². The molecule has 1 aliphatic rings. The Kier molecular flexibility index (Phi) is 3.32. The van der Waals surface area contributed by atoms with Gasteiger partial charge in [-0.2, -0.15) is 0 Å². The number of halogens is 1. The van der Waals surface area contributed by atoms with E-state index >= 15 is 0 Å². The summed E-state index contributed by atoms with van der Waals surface area (Å²) in [6, 6.07) is 1.83. The summed E-state index contributed by atoms with van der Waals surface area (Å²) in [5.74, 6) is -0.889. The molecule has 1 aliphatic heterocycles. The molecule has 0 spiro atoms. The van der Waals surface area contributed by atoms with Gasteiger partial charge in [-0.25, -0.2) is 4.79 Å². The Hall–Kier alpha value is -0.810. The van der Waals surface area contributed by atoms with Gasteiger partial charge in [0, 0.05) is 23.3 Å². The fourth-order valence-corrected chi connectivity index (χ4v) is 2.79. The molecule has 17 heavy (non-hydrogen) atoms. The molecule has 4 nitrogen and oxygen atoms in total. The molecule has 5 heteroatoms. The minimum atomic E-state index is -0.889. The third-order valence-electron chi connectivity index (χ3n) is 3.10. The Morgan fingerprint density at radius 3 is 2.94 bits per heavy atom. The van der Waals surface area contributed by atoms with Gasteiger partial charge >= 0.3 is 5.97 Å². The maximum absolute atomic E-state index is 11.2. The van der Waals surface area contributed by atoms with Crippen molar-refractivity contribution in [2.45, 2.75) is 38.3 Å². The van der Waals surface area contributed by atoms with E-state index in [9.17, 15) is 4.79 Å². The average molecular weight is 302 g/mol. The lowest BCUT2D eigenvalue weighted by atomic mass is 9.93. The highest BCUT2D eigenvalue weighted by Gasteiger charge is 2.31. The number of rotatable bonds is 2. The molecular formula is C12H16BrNO3. The summed E-state index contributed by atoms with van der Waals surface area (Å²) in [6.45, 7) is 4.75. The van der Waals surface area contributed by atoms with Crippen molar-refractivity contribution in [3.05, 3.63) is 22.4 Å². The molecule has 0 amide bonds. The maximum Gasteiger partial charge on any atom is 0.352 e. The van der Waals surface area contributed by atoms with Crippen LogP contribution in [0.4, 0.5) is 0 Å². The van der Waals surface area contributed by atoms with Gasteiger partial charge in [0.15, 0.2) is 0 Å². The molecule has 0 aromatic carbocycles. The standard InChI is InChI=1S/C12H16BrNO3/c1-12(2)6-9(3-4-17-12)14-7-8(13)5-10(14)11(15)16/h5,7,9H,3-4,6H2,1-2H3,(H,15,16). The molecule has 2 rings (SSSR count). The first kappa shape index (κ1) is 12.6. The van der Waals surface area contributed by atoms with Gasteiger partial charge in [0.2, 0.25) is 0 Å². The fraction of sp³-hybridized carbons (Fsp3) is 0.583. The first-order chi connectivity index (χ1) is 7.89. The van der Waals surface area contributed by atoms with E-state index in [1.165, 1.54) is 0 Å². The molecule has 0 aliphatic carbocycles. The fourth-order valence-electron chi connectivity index (χ4n) is 2.36. The number of hydrogen-bond donors (Lipinski definition) is 1. The van der Waals surface area contributed by atoms with E-state index in [4.69, 9.17) is 9.84 Å². The lowest BCUT2D eigenvalue weighted by molar-refractivity contribution is -0.0693. The van der Waals surface area contributed by atoms with Crippen molar-refractivity contribution >= 4 is 21.9 Å². The van der Waals surface area contributed by atoms with Crippen LogP contribution in [-0.2, 0) is 4.74 Å². The largest absolute Gasteiger partial charge is 0.477 e. The van der Waals surface area contributed by atoms with Crippen LogP contribution >= 0.6 is 15.9 Å². The quantitative estimate of drug-likeness (QED) is 0.913. The van der Waals surface area contributed by atoms with Crippen molar-refractivity contribution in [1.29, 1.82) is 0 Å². The second kappa shape index (κ2) is 4.46. The first-order valence-electron chi connectivity index (χ1n) is 5.64. The van der Waals surface area contributed by atoms with Crippen LogP contribution in [0.15, 0.2) is 16.7 Å². The zero-order valence-electron chi connectivity index (χ0n) is 9.94. The Balaban J connectivity index is 2.30. The van der Waals surface area contributed by atoms with E-state index in [1.807, 2.05) is 24.6 Å². The molecular weight excluding hydrogens is 286 g/mol. The third-order valence-corrected chi connectivity index (χ3v) is 3.53. The average Bonchev–Trinajstić information content (AvgIpc) is 2.59. The minimum Gasteiger partial charge on any atom is -0.477 e. The van der Waals surface area contributed by atoms with Crippen molar-refractivity contribution in [2.24, 2.45) is 0 Å². The van der Waals surface area contributed by atoms with Crippen molar-refractivity contribution in [1.82, 2.24) is 4.57 Å². The topological polar surface area (TPSA) is 51.5 Å². The summed E-state index contributed by atoms with van der Waals surface area (Å²) in [6.07, 6.45) is 3.52. The molecule has 1 saturated heterocycles. The molecule has 0 radical (unpaired) electrons. The van der Waals surface area contributed by atoms with E-state index in [0.29, 0.717) is 12.3 Å². The Morgan fingerprint density at radius 1 is 1.65 bits per heavy atom. The molecule has 94 valence electrons. The van der Waals surface area contributed by atoms with Crippen molar-refractivity contribution < 1.29 is 14.6 Å². The monoisotopic (exact) mass is 301 g/mol. The van der Waals surface area contributed by atoms with Gasteiger partial charge in [-0.1, -0.05) is 0 Å². The Morgan fingerprint density at radius 2 is 2.35 bits per heavy atom. The van der Waals surface area contributed by atoms with Crippen LogP contribution in [0.3, 0.4) is 0 Å². The summed E-state index contributed by atoms with van der Waals surface area (Å²) in [7, 11) is 0. The highest BCUT2D eigenvalue weighted by Crippen LogP contribution is 2.34. The van der Waals surface area contributed by atoms with E-state index in [2.05, 4.69) is 15.9 Å². The highest BCUT2D eigenvalue weighted by atomic mass is 79.9. The lowest BCUT2D eigenvalue weighted by Crippen LogP contribution is -2.35. The number of carbonyl (C=O) groups is 1. The summed E-state index contributed by atoms with van der Waals surface area (Å²) in [5.41, 5.74) is 0.148. The summed E-state index contributed by atoms with van der Waals surface area (Å²) >= 11 is 3.33. The van der Waals surface area contributed by atoms with Gasteiger partial charge in [-0.15, -0.1) is 0 Å². The number of carboxylic acids is 1. The molecule has 0 saturated carbocycles. The minimum absolute atomic E-state index is 0.185. The van der Waals surface area contributed by atoms with E-state index < -0.39 is 5.97 Å². The number of hydrogen-bond acceptors (Lipinski definition) is 2. The molecule has 1 aromatic rings. The molecule has 0 bridgehead atoms. The van der Waals surface area contributed by atoms with Crippen LogP contribution in [0.2, 0.25) is 0 Å². The van der Waals surface area contributed by atoms with Gasteiger partial charge in [-0.3, -0.25) is 0 Å². The highest BCUT2D eigenvalue weighted by molar-refractivity contribution is 9.10. The van der Waals surface area contributed by atoms with Crippen molar-refractivity contribution in [2.75, 3.05) is 6.61 Å². The first-order valence-corrected chi connectivity index (χ1v) is 6.43. The van der Waals surface area contributed by atoms with Crippen LogP contribution in [0.25, 0.3) is 0 Å². The Bertz CT molecular complexity index is 439. The molecule has 1 fully saturated rings. The predicted molar refractivity (Wildman–Crippen MR) is 67.4 cm³/mol. The maximum atomic E-state index is 11.2. The summed E-state index contributed by atoms with van der Waals surface area (Å²) in [4.78, 5) is 11.2. The normalized spacial score (nSPS) is 23.6. The van der Waals surface area contributed by atoms with Crippen LogP contribution in [-0.4, -0.2) is 27.9 Å². The van der Waals surface area contributed by atoms with E-state index in [-0.39, 0.29) is 11.6 Å². The number of aromatic nitrogens is 1. The SMILES string of the molecule is CC1(C)CC(n2cc(Br)cc2C(=O)O)CCO1. The number of nitrogens with zero attached hydrogens (tertiary/aromatic N) is 1. The van der Waals surface area contributed by atoms with Crippen molar-refractivity contribution in [3.63, 3.8) is 0 Å². The van der Waals surface area contributed by atoms with Gasteiger partial charge in [-0.05, 0) is 48.7 Å². The van der Waals surface area contributed by atoms with Crippen LogP contribution in [0.1, 0.15) is 43.2 Å². The molecule has 1 N–H and O–H groups in total. The zero-order valence-corrected chi connectivity index (χ0v) is 11.5. The second-order valence-electron chi connectivity index (χ2n) is 5.01. The number of carboxylic acid groups (broad SMARTS) is 1. The van der Waals surface area contributed by atoms with Crippen molar-refractivity contribution in [3.8, 4) is 0 Å². The van der Waals surface area contributed by atoms with E-state index in [1.54, 1.807) is 6.07 Å². The summed E-state index contributed by atoms with van der Waals surface area (Å²) < 4.78 is 8.30. The molecule has 1 aromatic heterocycles. The smallest absolute Gasteiger partial charge is 0.352 e. The Labute approximate surface area is 109 Å². The summed E-state index contributed by atoms with van der Waals surface area (Å²) in [5, 5.41) is 9.17. The van der Waals surface area contributed by atoms with Crippen LogP contribution in [0, 0.1) is 0 Å². The van der Waals surface area contributed by atoms with Crippen LogP contribution < -0.4 is 0 Å². The number of ether oxygens (including phenoxy) is 1. The molecule has 1 atom stereocenters.